The van der Waals surface area contributed by atoms with Crippen molar-refractivity contribution >= 4 is 11.7 Å². The number of ether oxygens (including phenoxy) is 1. The maximum atomic E-state index is 11.5. The van der Waals surface area contributed by atoms with Gasteiger partial charge in [-0.15, -0.1) is 0 Å². The third-order valence-electron chi connectivity index (χ3n) is 2.16. The highest BCUT2D eigenvalue weighted by molar-refractivity contribution is 5.91. The van der Waals surface area contributed by atoms with Gasteiger partial charge in [0.2, 0.25) is 11.8 Å². The van der Waals surface area contributed by atoms with Gasteiger partial charge >= 0.3 is 0 Å². The first-order chi connectivity index (χ1) is 7.17. The van der Waals surface area contributed by atoms with Crippen LogP contribution < -0.4 is 10.1 Å². The van der Waals surface area contributed by atoms with E-state index in [0.29, 0.717) is 11.7 Å². The van der Waals surface area contributed by atoms with Gasteiger partial charge in [-0.05, 0) is 6.42 Å². The molecule has 1 heterocycles. The predicted octanol–water partition coefficient (Wildman–Crippen LogP) is 1.47. The number of nitrogens with zero attached hydrogens (tertiary/aromatic N) is 2. The van der Waals surface area contributed by atoms with Crippen LogP contribution in [0.5, 0.6) is 5.88 Å². The van der Waals surface area contributed by atoms with Gasteiger partial charge in [0, 0.05) is 12.0 Å². The Balaban J connectivity index is 2.68. The van der Waals surface area contributed by atoms with Gasteiger partial charge < -0.3 is 10.1 Å². The highest BCUT2D eigenvalue weighted by Crippen LogP contribution is 2.11. The summed E-state index contributed by atoms with van der Waals surface area (Å²) in [6.07, 6.45) is 2.15. The van der Waals surface area contributed by atoms with Crippen molar-refractivity contribution in [3.05, 3.63) is 12.4 Å². The Morgan fingerprint density at radius 3 is 2.93 bits per heavy atom. The Bertz CT molecular complexity index is 341. The zero-order valence-corrected chi connectivity index (χ0v) is 9.15. The topological polar surface area (TPSA) is 64.1 Å². The molecule has 1 aromatic heterocycles. The summed E-state index contributed by atoms with van der Waals surface area (Å²) in [5.74, 6) is 0.834. The third-order valence-corrected chi connectivity index (χ3v) is 2.16. The molecule has 5 nitrogen and oxygen atoms in total. The van der Waals surface area contributed by atoms with E-state index in [9.17, 15) is 4.79 Å². The lowest BCUT2D eigenvalue weighted by Gasteiger charge is -2.09. The quantitative estimate of drug-likeness (QED) is 0.815. The SMILES string of the molecule is CCC(C)C(=O)Nc1cc(OC)ncn1. The smallest absolute Gasteiger partial charge is 0.228 e. The number of rotatable bonds is 4. The van der Waals surface area contributed by atoms with Crippen LogP contribution in [0.3, 0.4) is 0 Å². The number of nitrogens with one attached hydrogen (secondary N) is 1. The number of aromatic nitrogens is 2. The van der Waals surface area contributed by atoms with E-state index >= 15 is 0 Å². The van der Waals surface area contributed by atoms with E-state index in [0.717, 1.165) is 6.42 Å². The first kappa shape index (κ1) is 11.4. The molecule has 0 aliphatic heterocycles. The van der Waals surface area contributed by atoms with Crippen molar-refractivity contribution in [1.82, 2.24) is 9.97 Å². The molecule has 0 radical (unpaired) electrons. The molecule has 1 rings (SSSR count). The van der Waals surface area contributed by atoms with Crippen LogP contribution >= 0.6 is 0 Å². The lowest BCUT2D eigenvalue weighted by atomic mass is 10.1. The van der Waals surface area contributed by atoms with Gasteiger partial charge in [0.15, 0.2) is 0 Å². The average molecular weight is 209 g/mol. The average Bonchev–Trinajstić information content (AvgIpc) is 2.28. The van der Waals surface area contributed by atoms with Crippen LogP contribution in [0.1, 0.15) is 20.3 Å². The van der Waals surface area contributed by atoms with E-state index < -0.39 is 0 Å². The van der Waals surface area contributed by atoms with E-state index in [1.807, 2.05) is 13.8 Å². The van der Waals surface area contributed by atoms with Crippen LogP contribution in [0.2, 0.25) is 0 Å². The second-order valence-electron chi connectivity index (χ2n) is 3.24. The Kier molecular flexibility index (Phi) is 4.03. The van der Waals surface area contributed by atoms with Gasteiger partial charge in [0.05, 0.1) is 7.11 Å². The molecule has 1 aromatic rings. The molecule has 0 spiro atoms. The molecular weight excluding hydrogens is 194 g/mol. The molecule has 0 aromatic carbocycles. The first-order valence-electron chi connectivity index (χ1n) is 4.84. The molecule has 0 bridgehead atoms. The Morgan fingerprint density at radius 1 is 1.60 bits per heavy atom. The summed E-state index contributed by atoms with van der Waals surface area (Å²) in [6, 6.07) is 1.58. The Morgan fingerprint density at radius 2 is 2.33 bits per heavy atom. The fraction of sp³-hybridized carbons (Fsp3) is 0.500. The van der Waals surface area contributed by atoms with Gasteiger partial charge in [0.25, 0.3) is 0 Å². The van der Waals surface area contributed by atoms with Crippen LogP contribution in [-0.2, 0) is 4.79 Å². The summed E-state index contributed by atoms with van der Waals surface area (Å²) in [7, 11) is 1.52. The molecule has 15 heavy (non-hydrogen) atoms. The molecule has 82 valence electrons. The van der Waals surface area contributed by atoms with Crippen LogP contribution in [-0.4, -0.2) is 23.0 Å². The molecule has 0 aliphatic rings. The van der Waals surface area contributed by atoms with Crippen molar-refractivity contribution in [1.29, 1.82) is 0 Å². The zero-order valence-electron chi connectivity index (χ0n) is 9.15. The standard InChI is InChI=1S/C10H15N3O2/c1-4-7(2)10(14)13-8-5-9(15-3)12-6-11-8/h5-7H,4H2,1-3H3,(H,11,12,13,14). The molecule has 1 atom stereocenters. The largest absolute Gasteiger partial charge is 0.481 e. The Labute approximate surface area is 88.9 Å². The lowest BCUT2D eigenvalue weighted by Crippen LogP contribution is -2.20. The number of hydrogen-bond acceptors (Lipinski definition) is 4. The van der Waals surface area contributed by atoms with Crippen molar-refractivity contribution in [2.75, 3.05) is 12.4 Å². The molecular formula is C10H15N3O2. The monoisotopic (exact) mass is 209 g/mol. The van der Waals surface area contributed by atoms with E-state index in [4.69, 9.17) is 4.74 Å². The van der Waals surface area contributed by atoms with Gasteiger partial charge in [-0.3, -0.25) is 4.79 Å². The maximum absolute atomic E-state index is 11.5. The highest BCUT2D eigenvalue weighted by Gasteiger charge is 2.11. The molecule has 0 saturated carbocycles. The number of methoxy groups -OCH3 is 1. The van der Waals surface area contributed by atoms with Crippen LogP contribution in [0.25, 0.3) is 0 Å². The minimum absolute atomic E-state index is 0.0223. The minimum atomic E-state index is -0.0433. The van der Waals surface area contributed by atoms with Gasteiger partial charge in [-0.25, -0.2) is 9.97 Å². The second-order valence-corrected chi connectivity index (χ2v) is 3.24. The van der Waals surface area contributed by atoms with Crippen LogP contribution in [0, 0.1) is 5.92 Å². The molecule has 0 fully saturated rings. The van der Waals surface area contributed by atoms with Gasteiger partial charge in [-0.2, -0.15) is 0 Å². The van der Waals surface area contributed by atoms with E-state index in [-0.39, 0.29) is 11.8 Å². The Hall–Kier alpha value is -1.65. The molecule has 1 unspecified atom stereocenters. The number of anilines is 1. The van der Waals surface area contributed by atoms with Gasteiger partial charge in [0.1, 0.15) is 12.1 Å². The van der Waals surface area contributed by atoms with Crippen LogP contribution in [0.4, 0.5) is 5.82 Å². The summed E-state index contributed by atoms with van der Waals surface area (Å²) >= 11 is 0. The van der Waals surface area contributed by atoms with E-state index in [1.165, 1.54) is 13.4 Å². The number of carbonyl (C=O) groups is 1. The fourth-order valence-corrected chi connectivity index (χ4v) is 0.954. The van der Waals surface area contributed by atoms with Gasteiger partial charge in [-0.1, -0.05) is 13.8 Å². The van der Waals surface area contributed by atoms with E-state index in [2.05, 4.69) is 15.3 Å². The second kappa shape index (κ2) is 5.29. The number of carbonyl (C=O) groups excluding carboxylic acids is 1. The van der Waals surface area contributed by atoms with Crippen molar-refractivity contribution in [2.45, 2.75) is 20.3 Å². The normalized spacial score (nSPS) is 11.9. The molecule has 1 amide bonds. The molecule has 0 saturated heterocycles. The first-order valence-corrected chi connectivity index (χ1v) is 4.84. The lowest BCUT2D eigenvalue weighted by molar-refractivity contribution is -0.119. The van der Waals surface area contributed by atoms with Crippen molar-refractivity contribution in [3.8, 4) is 5.88 Å². The number of hydrogen-bond donors (Lipinski definition) is 1. The van der Waals surface area contributed by atoms with Crippen molar-refractivity contribution in [3.63, 3.8) is 0 Å². The summed E-state index contributed by atoms with van der Waals surface area (Å²) in [5, 5.41) is 2.70. The molecule has 0 aliphatic carbocycles. The summed E-state index contributed by atoms with van der Waals surface area (Å²) in [5.41, 5.74) is 0. The number of amides is 1. The third kappa shape index (κ3) is 3.19. The van der Waals surface area contributed by atoms with E-state index in [1.54, 1.807) is 6.07 Å². The predicted molar refractivity (Wildman–Crippen MR) is 56.7 cm³/mol. The van der Waals surface area contributed by atoms with Crippen molar-refractivity contribution < 1.29 is 9.53 Å². The fourth-order valence-electron chi connectivity index (χ4n) is 0.954. The highest BCUT2D eigenvalue weighted by atomic mass is 16.5. The molecule has 1 N–H and O–H groups in total. The molecule has 5 heteroatoms. The minimum Gasteiger partial charge on any atom is -0.481 e. The summed E-state index contributed by atoms with van der Waals surface area (Å²) in [4.78, 5) is 19.3. The summed E-state index contributed by atoms with van der Waals surface area (Å²) < 4.78 is 4.92. The van der Waals surface area contributed by atoms with Crippen LogP contribution in [0.15, 0.2) is 12.4 Å². The summed E-state index contributed by atoms with van der Waals surface area (Å²) in [6.45, 7) is 3.83. The maximum Gasteiger partial charge on any atom is 0.228 e. The zero-order chi connectivity index (χ0) is 11.3. The van der Waals surface area contributed by atoms with Crippen molar-refractivity contribution in [2.24, 2.45) is 5.92 Å².